The second kappa shape index (κ2) is 6.94. The molecule has 4 rings (SSSR count). The Bertz CT molecular complexity index is 925. The van der Waals surface area contributed by atoms with Crippen molar-refractivity contribution in [3.63, 3.8) is 0 Å². The number of aryl methyl sites for hydroxylation is 3. The van der Waals surface area contributed by atoms with Crippen LogP contribution in [0.25, 0.3) is 11.0 Å². The van der Waals surface area contributed by atoms with E-state index in [1.807, 2.05) is 17.2 Å². The molecule has 3 aromatic rings. The zero-order valence-corrected chi connectivity index (χ0v) is 15.4. The molecule has 1 unspecified atom stereocenters. The lowest BCUT2D eigenvalue weighted by Crippen LogP contribution is -2.31. The van der Waals surface area contributed by atoms with Crippen LogP contribution in [0, 0.1) is 6.92 Å². The number of rotatable bonds is 5. The zero-order valence-electron chi connectivity index (χ0n) is 15.4. The summed E-state index contributed by atoms with van der Waals surface area (Å²) in [5, 5.41) is 0. The molecule has 0 aliphatic carbocycles. The second-order valence-electron chi connectivity index (χ2n) is 7.03. The normalized spacial score (nSPS) is 17.3. The number of benzene rings is 1. The van der Waals surface area contributed by atoms with Gasteiger partial charge in [0.25, 0.3) is 0 Å². The summed E-state index contributed by atoms with van der Waals surface area (Å²) in [6.07, 6.45) is 7.13. The van der Waals surface area contributed by atoms with Gasteiger partial charge in [-0.05, 0) is 37.5 Å². The molecule has 26 heavy (non-hydrogen) atoms. The SMILES string of the molecule is CCc1nccn1CCC(=O)N1CCCC1c1nc2ccc(C)cc2[nH]1. The molecule has 6 nitrogen and oxygen atoms in total. The molecule has 0 bridgehead atoms. The highest BCUT2D eigenvalue weighted by Crippen LogP contribution is 2.32. The molecular formula is C20H25N5O. The molecule has 1 aromatic carbocycles. The highest BCUT2D eigenvalue weighted by Gasteiger charge is 2.31. The third kappa shape index (κ3) is 3.11. The van der Waals surface area contributed by atoms with Gasteiger partial charge in [-0.2, -0.15) is 0 Å². The van der Waals surface area contributed by atoms with E-state index < -0.39 is 0 Å². The number of aromatic amines is 1. The van der Waals surface area contributed by atoms with Crippen molar-refractivity contribution in [1.82, 2.24) is 24.4 Å². The van der Waals surface area contributed by atoms with E-state index >= 15 is 0 Å². The van der Waals surface area contributed by atoms with Crippen molar-refractivity contribution in [2.24, 2.45) is 0 Å². The van der Waals surface area contributed by atoms with Crippen LogP contribution in [-0.2, 0) is 17.8 Å². The average molecular weight is 351 g/mol. The second-order valence-corrected chi connectivity index (χ2v) is 7.03. The molecular weight excluding hydrogens is 326 g/mol. The number of fused-ring (bicyclic) bond motifs is 1. The molecule has 0 saturated carbocycles. The highest BCUT2D eigenvalue weighted by molar-refractivity contribution is 5.78. The minimum atomic E-state index is 0.0589. The van der Waals surface area contributed by atoms with Crippen molar-refractivity contribution in [2.75, 3.05) is 6.54 Å². The molecule has 1 amide bonds. The number of nitrogens with zero attached hydrogens (tertiary/aromatic N) is 4. The van der Waals surface area contributed by atoms with Crippen LogP contribution in [-0.4, -0.2) is 36.9 Å². The molecule has 0 spiro atoms. The molecule has 1 fully saturated rings. The largest absolute Gasteiger partial charge is 0.340 e. The van der Waals surface area contributed by atoms with Crippen molar-refractivity contribution in [1.29, 1.82) is 0 Å². The fourth-order valence-electron chi connectivity index (χ4n) is 3.87. The molecule has 1 saturated heterocycles. The van der Waals surface area contributed by atoms with Gasteiger partial charge in [-0.15, -0.1) is 0 Å². The Morgan fingerprint density at radius 2 is 2.27 bits per heavy atom. The van der Waals surface area contributed by atoms with E-state index in [-0.39, 0.29) is 11.9 Å². The van der Waals surface area contributed by atoms with Gasteiger partial charge < -0.3 is 14.5 Å². The Balaban J connectivity index is 1.49. The first kappa shape index (κ1) is 16.8. The number of H-pyrrole nitrogens is 1. The van der Waals surface area contributed by atoms with Crippen LogP contribution in [0.4, 0.5) is 0 Å². The van der Waals surface area contributed by atoms with Gasteiger partial charge in [0.05, 0.1) is 17.1 Å². The van der Waals surface area contributed by atoms with Crippen LogP contribution in [0.3, 0.4) is 0 Å². The number of aromatic nitrogens is 4. The van der Waals surface area contributed by atoms with Crippen LogP contribution >= 0.6 is 0 Å². The molecule has 1 aliphatic rings. The zero-order chi connectivity index (χ0) is 18.1. The summed E-state index contributed by atoms with van der Waals surface area (Å²) in [5.74, 6) is 2.14. The molecule has 1 aliphatic heterocycles. The van der Waals surface area contributed by atoms with Gasteiger partial charge in [0, 0.05) is 38.3 Å². The molecule has 1 N–H and O–H groups in total. The minimum absolute atomic E-state index is 0.0589. The number of imidazole rings is 2. The quantitative estimate of drug-likeness (QED) is 0.766. The van der Waals surface area contributed by atoms with E-state index in [4.69, 9.17) is 4.98 Å². The third-order valence-corrected chi connectivity index (χ3v) is 5.23. The maximum atomic E-state index is 12.8. The number of likely N-dealkylation sites (tertiary alicyclic amines) is 1. The lowest BCUT2D eigenvalue weighted by Gasteiger charge is -2.23. The fraction of sp³-hybridized carbons (Fsp3) is 0.450. The predicted molar refractivity (Wildman–Crippen MR) is 101 cm³/mol. The summed E-state index contributed by atoms with van der Waals surface area (Å²) < 4.78 is 2.08. The number of nitrogens with one attached hydrogen (secondary N) is 1. The molecule has 0 radical (unpaired) electrons. The molecule has 136 valence electrons. The van der Waals surface area contributed by atoms with Crippen LogP contribution in [0.1, 0.15) is 49.4 Å². The predicted octanol–water partition coefficient (Wildman–Crippen LogP) is 3.38. The van der Waals surface area contributed by atoms with Crippen LogP contribution < -0.4 is 0 Å². The number of hydrogen-bond acceptors (Lipinski definition) is 3. The lowest BCUT2D eigenvalue weighted by molar-refractivity contribution is -0.132. The Labute approximate surface area is 153 Å². The van der Waals surface area contributed by atoms with E-state index in [0.717, 1.165) is 48.5 Å². The number of carbonyl (C=O) groups excluding carboxylic acids is 1. The first-order valence-corrected chi connectivity index (χ1v) is 9.41. The van der Waals surface area contributed by atoms with Gasteiger partial charge in [0.1, 0.15) is 11.6 Å². The minimum Gasteiger partial charge on any atom is -0.340 e. The van der Waals surface area contributed by atoms with E-state index in [9.17, 15) is 4.79 Å². The fourth-order valence-corrected chi connectivity index (χ4v) is 3.87. The average Bonchev–Trinajstić information content (AvgIpc) is 3.36. The first-order valence-electron chi connectivity index (χ1n) is 9.41. The number of carbonyl (C=O) groups is 1. The topological polar surface area (TPSA) is 66.8 Å². The summed E-state index contributed by atoms with van der Waals surface area (Å²) in [6.45, 7) is 5.65. The van der Waals surface area contributed by atoms with Gasteiger partial charge in [0.2, 0.25) is 5.91 Å². The van der Waals surface area contributed by atoms with Crippen LogP contribution in [0.5, 0.6) is 0 Å². The highest BCUT2D eigenvalue weighted by atomic mass is 16.2. The maximum absolute atomic E-state index is 12.8. The monoisotopic (exact) mass is 351 g/mol. The Kier molecular flexibility index (Phi) is 4.49. The Morgan fingerprint density at radius 3 is 3.12 bits per heavy atom. The van der Waals surface area contributed by atoms with Crippen molar-refractivity contribution < 1.29 is 4.79 Å². The van der Waals surface area contributed by atoms with Gasteiger partial charge in [-0.1, -0.05) is 13.0 Å². The first-order chi connectivity index (χ1) is 12.7. The van der Waals surface area contributed by atoms with Crippen molar-refractivity contribution >= 4 is 16.9 Å². The van der Waals surface area contributed by atoms with Crippen LogP contribution in [0.15, 0.2) is 30.6 Å². The summed E-state index contributed by atoms with van der Waals surface area (Å²) in [4.78, 5) is 27.3. The summed E-state index contributed by atoms with van der Waals surface area (Å²) in [6, 6.07) is 6.28. The molecule has 6 heteroatoms. The summed E-state index contributed by atoms with van der Waals surface area (Å²) >= 11 is 0. The van der Waals surface area contributed by atoms with E-state index in [2.05, 4.69) is 40.5 Å². The smallest absolute Gasteiger partial charge is 0.224 e. The summed E-state index contributed by atoms with van der Waals surface area (Å²) in [5.41, 5.74) is 3.22. The lowest BCUT2D eigenvalue weighted by atomic mass is 10.2. The Morgan fingerprint density at radius 1 is 1.38 bits per heavy atom. The maximum Gasteiger partial charge on any atom is 0.224 e. The summed E-state index contributed by atoms with van der Waals surface area (Å²) in [7, 11) is 0. The standard InChI is InChI=1S/C20H25N5O/c1-3-18-21-9-12-24(18)11-8-19(26)25-10-4-5-17(25)20-22-15-7-6-14(2)13-16(15)23-20/h6-7,9,12-13,17H,3-5,8,10-11H2,1-2H3,(H,22,23). The molecule has 1 atom stereocenters. The van der Waals surface area contributed by atoms with Gasteiger partial charge in [-0.25, -0.2) is 9.97 Å². The van der Waals surface area contributed by atoms with E-state index in [0.29, 0.717) is 13.0 Å². The van der Waals surface area contributed by atoms with Crippen molar-refractivity contribution in [3.05, 3.63) is 47.8 Å². The van der Waals surface area contributed by atoms with Crippen molar-refractivity contribution in [3.8, 4) is 0 Å². The van der Waals surface area contributed by atoms with E-state index in [1.54, 1.807) is 6.20 Å². The Hall–Kier alpha value is -2.63. The van der Waals surface area contributed by atoms with Gasteiger partial charge in [0.15, 0.2) is 0 Å². The molecule has 3 heterocycles. The van der Waals surface area contributed by atoms with Crippen LogP contribution in [0.2, 0.25) is 0 Å². The van der Waals surface area contributed by atoms with Gasteiger partial charge in [-0.3, -0.25) is 4.79 Å². The molecule has 2 aromatic heterocycles. The number of hydrogen-bond donors (Lipinski definition) is 1. The third-order valence-electron chi connectivity index (χ3n) is 5.23. The van der Waals surface area contributed by atoms with Crippen molar-refractivity contribution in [2.45, 2.75) is 52.1 Å². The van der Waals surface area contributed by atoms with E-state index in [1.165, 1.54) is 5.56 Å². The number of amides is 1. The van der Waals surface area contributed by atoms with Gasteiger partial charge >= 0.3 is 0 Å².